The molecule has 0 aromatic carbocycles. The normalized spacial score (nSPS) is 12.7. The molecule has 0 saturated heterocycles. The maximum atomic E-state index is 11.2. The molecule has 0 amide bonds. The van der Waals surface area contributed by atoms with Gasteiger partial charge in [0.05, 0.1) is 5.60 Å². The summed E-state index contributed by atoms with van der Waals surface area (Å²) >= 11 is 0. The third-order valence-electron chi connectivity index (χ3n) is 2.03. The van der Waals surface area contributed by atoms with Crippen molar-refractivity contribution in [1.82, 2.24) is 0 Å². The third kappa shape index (κ3) is 7.81. The zero-order valence-electron chi connectivity index (χ0n) is 11.4. The molecule has 0 rings (SSSR count). The molecule has 0 unspecified atom stereocenters. The van der Waals surface area contributed by atoms with Crippen LogP contribution in [0.1, 0.15) is 41.0 Å². The largest absolute Gasteiger partial charge is 0.478 e. The van der Waals surface area contributed by atoms with Crippen LogP contribution in [0.4, 0.5) is 0 Å². The molecule has 6 heteroatoms. The van der Waals surface area contributed by atoms with Gasteiger partial charge in [-0.1, -0.05) is 6.92 Å². The second kappa shape index (κ2) is 6.51. The molecule has 0 radical (unpaired) electrons. The Bertz CT molecular complexity index is 329. The van der Waals surface area contributed by atoms with E-state index < -0.39 is 23.3 Å². The number of carbonyl (C=O) groups excluding carboxylic acids is 1. The van der Waals surface area contributed by atoms with Crippen LogP contribution in [0.3, 0.4) is 0 Å². The van der Waals surface area contributed by atoms with Crippen LogP contribution in [0.25, 0.3) is 0 Å². The van der Waals surface area contributed by atoms with Gasteiger partial charge in [0, 0.05) is 26.0 Å². The Morgan fingerprint density at radius 2 is 1.67 bits per heavy atom. The molecule has 0 fully saturated rings. The van der Waals surface area contributed by atoms with Crippen LogP contribution in [0, 0.1) is 0 Å². The third-order valence-corrected chi connectivity index (χ3v) is 2.03. The predicted octanol–water partition coefficient (Wildman–Crippen LogP) is 2.04. The molecule has 0 aliphatic heterocycles. The number of carbonyl (C=O) groups is 2. The van der Waals surface area contributed by atoms with E-state index in [1.165, 1.54) is 13.8 Å². The van der Waals surface area contributed by atoms with Gasteiger partial charge >= 0.3 is 11.9 Å². The summed E-state index contributed by atoms with van der Waals surface area (Å²) in [5.74, 6) is -3.35. The fourth-order valence-electron chi connectivity index (χ4n) is 0.705. The summed E-state index contributed by atoms with van der Waals surface area (Å²) in [7, 11) is 0. The van der Waals surface area contributed by atoms with Crippen LogP contribution in [0.5, 0.6) is 0 Å². The minimum absolute atomic E-state index is 0.499. The summed E-state index contributed by atoms with van der Waals surface area (Å²) in [6.45, 7) is 8.57. The van der Waals surface area contributed by atoms with E-state index in [0.717, 1.165) is 12.5 Å². The van der Waals surface area contributed by atoms with Gasteiger partial charge in [-0.05, 0) is 20.3 Å². The number of rotatable bonds is 7. The van der Waals surface area contributed by atoms with Crippen LogP contribution in [-0.4, -0.2) is 28.4 Å². The summed E-state index contributed by atoms with van der Waals surface area (Å²) in [6, 6.07) is 0. The number of aliphatic carboxylic acids is 1. The average molecular weight is 260 g/mol. The molecule has 0 saturated carbocycles. The first-order valence-electron chi connectivity index (χ1n) is 5.59. The lowest BCUT2D eigenvalue weighted by Gasteiger charge is -2.29. The summed E-state index contributed by atoms with van der Waals surface area (Å²) in [6.07, 6.45) is 2.21. The van der Waals surface area contributed by atoms with Crippen molar-refractivity contribution < 1.29 is 29.2 Å². The summed E-state index contributed by atoms with van der Waals surface area (Å²) in [5, 5.41) is 8.35. The van der Waals surface area contributed by atoms with Gasteiger partial charge in [-0.2, -0.15) is 4.89 Å². The SMILES string of the molecule is CCC(C)(C)OOC(C)(C)OC(=O)/C=C/C(=O)O. The van der Waals surface area contributed by atoms with E-state index in [9.17, 15) is 9.59 Å². The molecule has 18 heavy (non-hydrogen) atoms. The Kier molecular flexibility index (Phi) is 6.00. The topological polar surface area (TPSA) is 82.1 Å². The van der Waals surface area contributed by atoms with Crippen molar-refractivity contribution in [2.24, 2.45) is 0 Å². The predicted molar refractivity (Wildman–Crippen MR) is 63.5 cm³/mol. The highest BCUT2D eigenvalue weighted by molar-refractivity contribution is 5.90. The van der Waals surface area contributed by atoms with E-state index >= 15 is 0 Å². The quantitative estimate of drug-likeness (QED) is 0.248. The van der Waals surface area contributed by atoms with E-state index in [-0.39, 0.29) is 0 Å². The molecule has 0 heterocycles. The summed E-state index contributed by atoms with van der Waals surface area (Å²) < 4.78 is 4.89. The molecule has 1 N–H and O–H groups in total. The monoisotopic (exact) mass is 260 g/mol. The van der Waals surface area contributed by atoms with Crippen molar-refractivity contribution in [1.29, 1.82) is 0 Å². The standard InChI is InChI=1S/C12H20O6/c1-6-11(2,3)17-18-12(4,5)16-10(15)8-7-9(13)14/h7-8H,6H2,1-5H3,(H,13,14)/b8-7+. The van der Waals surface area contributed by atoms with Crippen LogP contribution in [0.2, 0.25) is 0 Å². The van der Waals surface area contributed by atoms with Gasteiger partial charge in [0.25, 0.3) is 0 Å². The van der Waals surface area contributed by atoms with E-state index in [1.807, 2.05) is 20.8 Å². The minimum Gasteiger partial charge on any atom is -0.478 e. The lowest BCUT2D eigenvalue weighted by atomic mass is 10.1. The molecule has 104 valence electrons. The molecular weight excluding hydrogens is 240 g/mol. The molecule has 0 aliphatic rings. The molecule has 6 nitrogen and oxygen atoms in total. The van der Waals surface area contributed by atoms with Crippen molar-refractivity contribution in [3.8, 4) is 0 Å². The zero-order chi connectivity index (χ0) is 14.4. The van der Waals surface area contributed by atoms with Gasteiger partial charge in [-0.15, -0.1) is 0 Å². The highest BCUT2D eigenvalue weighted by Crippen LogP contribution is 2.20. The maximum absolute atomic E-state index is 11.2. The lowest BCUT2D eigenvalue weighted by Crippen LogP contribution is -2.35. The van der Waals surface area contributed by atoms with Crippen molar-refractivity contribution in [2.45, 2.75) is 52.4 Å². The van der Waals surface area contributed by atoms with Gasteiger partial charge < -0.3 is 9.84 Å². The smallest absolute Gasteiger partial charge is 0.333 e. The Hall–Kier alpha value is -1.40. The second-order valence-corrected chi connectivity index (χ2v) is 4.77. The highest BCUT2D eigenvalue weighted by Gasteiger charge is 2.28. The fraction of sp³-hybridized carbons (Fsp3) is 0.667. The maximum Gasteiger partial charge on any atom is 0.333 e. The Balaban J connectivity index is 4.31. The molecule has 0 aliphatic carbocycles. The van der Waals surface area contributed by atoms with Crippen molar-refractivity contribution in [3.63, 3.8) is 0 Å². The van der Waals surface area contributed by atoms with Crippen molar-refractivity contribution in [2.75, 3.05) is 0 Å². The second-order valence-electron chi connectivity index (χ2n) is 4.77. The van der Waals surface area contributed by atoms with Gasteiger partial charge in [-0.3, -0.25) is 0 Å². The van der Waals surface area contributed by atoms with E-state index in [1.54, 1.807) is 0 Å². The van der Waals surface area contributed by atoms with E-state index in [0.29, 0.717) is 6.08 Å². The van der Waals surface area contributed by atoms with Gasteiger partial charge in [0.15, 0.2) is 0 Å². The number of carboxylic acids is 1. The van der Waals surface area contributed by atoms with Crippen molar-refractivity contribution in [3.05, 3.63) is 12.2 Å². The fourth-order valence-corrected chi connectivity index (χ4v) is 0.705. The first-order valence-corrected chi connectivity index (χ1v) is 5.59. The van der Waals surface area contributed by atoms with E-state index in [2.05, 4.69) is 0 Å². The van der Waals surface area contributed by atoms with Crippen LogP contribution in [-0.2, 0) is 24.1 Å². The highest BCUT2D eigenvalue weighted by atomic mass is 17.2. The molecule has 0 atom stereocenters. The first kappa shape index (κ1) is 16.6. The molecular formula is C12H20O6. The molecule has 0 aromatic rings. The van der Waals surface area contributed by atoms with Crippen LogP contribution >= 0.6 is 0 Å². The van der Waals surface area contributed by atoms with Crippen LogP contribution < -0.4 is 0 Å². The molecule has 0 bridgehead atoms. The number of esters is 1. The van der Waals surface area contributed by atoms with Crippen LogP contribution in [0.15, 0.2) is 12.2 Å². The lowest BCUT2D eigenvalue weighted by molar-refractivity contribution is -0.443. The average Bonchev–Trinajstić information content (AvgIpc) is 2.24. The van der Waals surface area contributed by atoms with Crippen molar-refractivity contribution >= 4 is 11.9 Å². The zero-order valence-corrected chi connectivity index (χ0v) is 11.4. The Morgan fingerprint density at radius 3 is 2.11 bits per heavy atom. The minimum atomic E-state index is -1.30. The van der Waals surface area contributed by atoms with Gasteiger partial charge in [-0.25, -0.2) is 14.5 Å². The number of carboxylic acid groups (broad SMARTS) is 1. The van der Waals surface area contributed by atoms with Gasteiger partial charge in [0.2, 0.25) is 5.79 Å². The number of hydrogen-bond acceptors (Lipinski definition) is 5. The van der Waals surface area contributed by atoms with E-state index in [4.69, 9.17) is 19.6 Å². The Labute approximate surface area is 106 Å². The molecule has 0 spiro atoms. The summed E-state index contributed by atoms with van der Waals surface area (Å²) in [4.78, 5) is 31.7. The van der Waals surface area contributed by atoms with Gasteiger partial charge in [0.1, 0.15) is 0 Å². The number of ether oxygens (including phenoxy) is 1. The molecule has 0 aromatic heterocycles. The first-order chi connectivity index (χ1) is 8.08. The summed E-state index contributed by atoms with van der Waals surface area (Å²) in [5.41, 5.74) is -0.499. The number of hydrogen-bond donors (Lipinski definition) is 1. The Morgan fingerprint density at radius 1 is 1.11 bits per heavy atom.